The van der Waals surface area contributed by atoms with Gasteiger partial charge in [-0.05, 0) is 29.8 Å². The predicted molar refractivity (Wildman–Crippen MR) is 85.1 cm³/mol. The Balaban J connectivity index is 2.07. The summed E-state index contributed by atoms with van der Waals surface area (Å²) in [6.45, 7) is 0.466. The molecular weight excluding hydrogens is 311 g/mol. The van der Waals surface area contributed by atoms with E-state index in [4.69, 9.17) is 17.3 Å². The van der Waals surface area contributed by atoms with Gasteiger partial charge in [0.1, 0.15) is 5.82 Å². The van der Waals surface area contributed by atoms with Crippen LogP contribution in [0.4, 0.5) is 10.1 Å². The van der Waals surface area contributed by atoms with Gasteiger partial charge >= 0.3 is 0 Å². The first-order valence-electron chi connectivity index (χ1n) is 6.24. The van der Waals surface area contributed by atoms with Gasteiger partial charge in [-0.2, -0.15) is 0 Å². The van der Waals surface area contributed by atoms with Crippen LogP contribution in [-0.4, -0.2) is 11.7 Å². The molecule has 0 saturated carbocycles. The van der Waals surface area contributed by atoms with Crippen LogP contribution in [0.3, 0.4) is 0 Å². The molecule has 0 aromatic heterocycles. The van der Waals surface area contributed by atoms with Crippen LogP contribution in [0.1, 0.15) is 5.56 Å². The minimum Gasteiger partial charge on any atom is -0.380 e. The van der Waals surface area contributed by atoms with E-state index in [9.17, 15) is 9.18 Å². The number of hydrogen-bond donors (Lipinski definition) is 2. The van der Waals surface area contributed by atoms with E-state index < -0.39 is 0 Å². The zero-order valence-corrected chi connectivity index (χ0v) is 12.7. The molecular formula is C15H14ClFN2OS. The molecule has 0 aliphatic carbocycles. The lowest BCUT2D eigenvalue weighted by atomic mass is 10.2. The Morgan fingerprint density at radius 2 is 2.05 bits per heavy atom. The summed E-state index contributed by atoms with van der Waals surface area (Å²) >= 11 is 7.36. The fourth-order valence-electron chi connectivity index (χ4n) is 1.74. The molecule has 0 radical (unpaired) electrons. The summed E-state index contributed by atoms with van der Waals surface area (Å²) in [5, 5.41) is 3.61. The van der Waals surface area contributed by atoms with Gasteiger partial charge in [-0.25, -0.2) is 4.39 Å². The lowest BCUT2D eigenvalue weighted by molar-refractivity contribution is -0.115. The third-order valence-corrected chi connectivity index (χ3v) is 4.19. The second-order valence-corrected chi connectivity index (χ2v) is 5.76. The Labute approximate surface area is 131 Å². The molecule has 3 nitrogen and oxygen atoms in total. The number of halogens is 2. The third kappa shape index (κ3) is 4.65. The van der Waals surface area contributed by atoms with E-state index in [1.54, 1.807) is 6.07 Å². The average Bonchev–Trinajstić information content (AvgIpc) is 2.45. The van der Waals surface area contributed by atoms with Crippen molar-refractivity contribution in [1.29, 1.82) is 0 Å². The van der Waals surface area contributed by atoms with Crippen LogP contribution in [0.25, 0.3) is 0 Å². The average molecular weight is 325 g/mol. The molecule has 0 spiro atoms. The first-order chi connectivity index (χ1) is 10.1. The number of carbonyl (C=O) groups excluding carboxylic acids is 1. The van der Waals surface area contributed by atoms with Crippen LogP contribution in [0, 0.1) is 5.82 Å². The zero-order chi connectivity index (χ0) is 15.2. The van der Waals surface area contributed by atoms with Crippen molar-refractivity contribution >= 4 is 35.0 Å². The smallest absolute Gasteiger partial charge is 0.227 e. The molecule has 1 amide bonds. The fraction of sp³-hybridized carbons (Fsp3) is 0.133. The van der Waals surface area contributed by atoms with E-state index in [1.165, 1.54) is 23.9 Å². The van der Waals surface area contributed by atoms with Crippen molar-refractivity contribution in [3.63, 3.8) is 0 Å². The van der Waals surface area contributed by atoms with Crippen molar-refractivity contribution in [2.75, 3.05) is 11.1 Å². The van der Waals surface area contributed by atoms with Gasteiger partial charge in [-0.1, -0.05) is 29.8 Å². The van der Waals surface area contributed by atoms with Gasteiger partial charge in [0.15, 0.2) is 0 Å². The fourth-order valence-corrected chi connectivity index (χ4v) is 2.75. The second kappa shape index (κ2) is 7.33. The number of para-hydroxylation sites is 1. The van der Waals surface area contributed by atoms with Crippen LogP contribution in [0.15, 0.2) is 47.4 Å². The monoisotopic (exact) mass is 324 g/mol. The van der Waals surface area contributed by atoms with Gasteiger partial charge in [0, 0.05) is 22.2 Å². The molecule has 2 rings (SSSR count). The maximum Gasteiger partial charge on any atom is 0.227 e. The number of nitrogens with two attached hydrogens (primary N) is 1. The van der Waals surface area contributed by atoms with E-state index in [-0.39, 0.29) is 17.5 Å². The first-order valence-corrected chi connectivity index (χ1v) is 7.60. The molecule has 0 fully saturated rings. The Bertz CT molecular complexity index is 651. The number of thioether (sulfide) groups is 1. The number of carbonyl (C=O) groups is 1. The number of primary amides is 1. The lowest BCUT2D eigenvalue weighted by Gasteiger charge is -2.12. The summed E-state index contributed by atoms with van der Waals surface area (Å²) < 4.78 is 13.0. The Kier molecular flexibility index (Phi) is 5.47. The lowest BCUT2D eigenvalue weighted by Crippen LogP contribution is -2.13. The number of rotatable bonds is 6. The van der Waals surface area contributed by atoms with E-state index in [0.717, 1.165) is 16.1 Å². The number of hydrogen-bond acceptors (Lipinski definition) is 3. The van der Waals surface area contributed by atoms with Crippen molar-refractivity contribution in [3.05, 3.63) is 58.9 Å². The molecule has 2 aromatic rings. The highest BCUT2D eigenvalue weighted by atomic mass is 35.5. The number of nitrogens with one attached hydrogen (secondary N) is 1. The highest BCUT2D eigenvalue weighted by molar-refractivity contribution is 8.00. The van der Waals surface area contributed by atoms with Crippen molar-refractivity contribution in [3.8, 4) is 0 Å². The summed E-state index contributed by atoms with van der Waals surface area (Å²) in [6.07, 6.45) is 0. The van der Waals surface area contributed by atoms with Gasteiger partial charge in [0.05, 0.1) is 5.75 Å². The standard InChI is InChI=1S/C15H14ClFN2OS/c16-12-7-11(17)6-5-10(12)8-19-13-3-1-2-4-14(13)21-9-15(18)20/h1-7,19H,8-9H2,(H2,18,20). The van der Waals surface area contributed by atoms with Crippen molar-refractivity contribution < 1.29 is 9.18 Å². The number of benzene rings is 2. The molecule has 0 bridgehead atoms. The van der Waals surface area contributed by atoms with Crippen LogP contribution in [-0.2, 0) is 11.3 Å². The number of amides is 1. The van der Waals surface area contributed by atoms with Crippen LogP contribution < -0.4 is 11.1 Å². The Morgan fingerprint density at radius 1 is 1.29 bits per heavy atom. The van der Waals surface area contributed by atoms with Gasteiger partial charge in [0.2, 0.25) is 5.91 Å². The Morgan fingerprint density at radius 3 is 2.76 bits per heavy atom. The summed E-state index contributed by atoms with van der Waals surface area (Å²) in [5.41, 5.74) is 6.83. The van der Waals surface area contributed by atoms with Gasteiger partial charge < -0.3 is 11.1 Å². The molecule has 110 valence electrons. The molecule has 6 heteroatoms. The maximum atomic E-state index is 13.0. The zero-order valence-electron chi connectivity index (χ0n) is 11.1. The van der Waals surface area contributed by atoms with Crippen LogP contribution in [0.5, 0.6) is 0 Å². The second-order valence-electron chi connectivity index (χ2n) is 4.34. The van der Waals surface area contributed by atoms with Crippen molar-refractivity contribution in [1.82, 2.24) is 0 Å². The van der Waals surface area contributed by atoms with Gasteiger partial charge in [-0.3, -0.25) is 4.79 Å². The normalized spacial score (nSPS) is 10.4. The first kappa shape index (κ1) is 15.7. The van der Waals surface area contributed by atoms with Crippen molar-refractivity contribution in [2.45, 2.75) is 11.4 Å². The minimum atomic E-state index is -0.364. The van der Waals surface area contributed by atoms with Gasteiger partial charge in [-0.15, -0.1) is 11.8 Å². The van der Waals surface area contributed by atoms with Crippen molar-refractivity contribution in [2.24, 2.45) is 5.73 Å². The highest BCUT2D eigenvalue weighted by Crippen LogP contribution is 2.27. The number of anilines is 1. The highest BCUT2D eigenvalue weighted by Gasteiger charge is 2.06. The van der Waals surface area contributed by atoms with E-state index >= 15 is 0 Å². The minimum absolute atomic E-state index is 0.218. The van der Waals surface area contributed by atoms with E-state index in [0.29, 0.717) is 11.6 Å². The maximum absolute atomic E-state index is 13.0. The van der Waals surface area contributed by atoms with Crippen LogP contribution >= 0.6 is 23.4 Å². The molecule has 21 heavy (non-hydrogen) atoms. The third-order valence-electron chi connectivity index (χ3n) is 2.74. The molecule has 3 N–H and O–H groups in total. The van der Waals surface area contributed by atoms with E-state index in [2.05, 4.69) is 5.32 Å². The summed E-state index contributed by atoms with van der Waals surface area (Å²) in [5.74, 6) is -0.506. The summed E-state index contributed by atoms with van der Waals surface area (Å²) in [4.78, 5) is 11.8. The molecule has 0 heterocycles. The quantitative estimate of drug-likeness (QED) is 0.797. The Hall–Kier alpha value is -1.72. The topological polar surface area (TPSA) is 55.1 Å². The molecule has 0 aliphatic rings. The van der Waals surface area contributed by atoms with Gasteiger partial charge in [0.25, 0.3) is 0 Å². The molecule has 0 unspecified atom stereocenters. The van der Waals surface area contributed by atoms with E-state index in [1.807, 2.05) is 24.3 Å². The largest absolute Gasteiger partial charge is 0.380 e. The molecule has 0 atom stereocenters. The molecule has 0 saturated heterocycles. The summed E-state index contributed by atoms with van der Waals surface area (Å²) in [6, 6.07) is 11.9. The molecule has 2 aromatic carbocycles. The van der Waals surface area contributed by atoms with Crippen LogP contribution in [0.2, 0.25) is 5.02 Å². The molecule has 0 aliphatic heterocycles. The SMILES string of the molecule is NC(=O)CSc1ccccc1NCc1ccc(F)cc1Cl. The predicted octanol–water partition coefficient (Wildman–Crippen LogP) is 3.67. The summed E-state index contributed by atoms with van der Waals surface area (Å²) in [7, 11) is 0.